The predicted octanol–water partition coefficient (Wildman–Crippen LogP) is 3.89. The fourth-order valence-electron chi connectivity index (χ4n) is 3.56. The van der Waals surface area contributed by atoms with Crippen molar-refractivity contribution in [3.63, 3.8) is 0 Å². The van der Waals surface area contributed by atoms with E-state index in [4.69, 9.17) is 0 Å². The maximum atomic E-state index is 12.5. The third kappa shape index (κ3) is 4.92. The van der Waals surface area contributed by atoms with Crippen LogP contribution in [0.1, 0.15) is 32.2 Å². The molecule has 1 amide bonds. The van der Waals surface area contributed by atoms with Gasteiger partial charge in [0.05, 0.1) is 22.8 Å². The van der Waals surface area contributed by atoms with Crippen LogP contribution in [0.2, 0.25) is 0 Å². The van der Waals surface area contributed by atoms with E-state index in [9.17, 15) is 4.79 Å². The lowest BCUT2D eigenvalue weighted by molar-refractivity contribution is -0.113. The van der Waals surface area contributed by atoms with Crippen molar-refractivity contribution >= 4 is 29.0 Å². The fraction of sp³-hybridized carbons (Fsp3) is 0.455. The van der Waals surface area contributed by atoms with Crippen molar-refractivity contribution in [2.75, 3.05) is 29.1 Å². The molecule has 0 aliphatic rings. The third-order valence-electron chi connectivity index (χ3n) is 5.39. The van der Waals surface area contributed by atoms with Gasteiger partial charge in [0.1, 0.15) is 0 Å². The van der Waals surface area contributed by atoms with E-state index in [1.165, 1.54) is 17.4 Å². The Balaban J connectivity index is 1.70. The Morgan fingerprint density at radius 2 is 1.77 bits per heavy atom. The summed E-state index contributed by atoms with van der Waals surface area (Å²) >= 11 is 1.39. The van der Waals surface area contributed by atoms with Gasteiger partial charge in [0.15, 0.2) is 11.0 Å². The monoisotopic (exact) mass is 441 g/mol. The van der Waals surface area contributed by atoms with Crippen LogP contribution in [0.15, 0.2) is 29.4 Å². The van der Waals surface area contributed by atoms with Crippen LogP contribution in [0, 0.1) is 13.8 Å². The van der Waals surface area contributed by atoms with Crippen LogP contribution in [0.25, 0.3) is 11.4 Å². The first-order valence-electron chi connectivity index (χ1n) is 10.6. The number of thioether (sulfide) groups is 1. The number of nitrogens with zero attached hydrogens (tertiary/aromatic N) is 6. The van der Waals surface area contributed by atoms with Crippen LogP contribution in [-0.2, 0) is 18.4 Å². The quantitative estimate of drug-likeness (QED) is 0.508. The molecule has 0 spiro atoms. The van der Waals surface area contributed by atoms with Gasteiger partial charge in [0.25, 0.3) is 0 Å². The largest absolute Gasteiger partial charge is 0.372 e. The van der Waals surface area contributed by atoms with Gasteiger partial charge in [0, 0.05) is 37.9 Å². The number of anilines is 2. The molecule has 3 rings (SSSR count). The van der Waals surface area contributed by atoms with Crippen molar-refractivity contribution in [1.82, 2.24) is 24.5 Å². The Labute approximate surface area is 188 Å². The molecule has 0 aliphatic carbocycles. The predicted molar refractivity (Wildman–Crippen MR) is 127 cm³/mol. The fourth-order valence-corrected chi connectivity index (χ4v) is 4.37. The molecule has 2 aromatic heterocycles. The van der Waals surface area contributed by atoms with Crippen molar-refractivity contribution in [1.29, 1.82) is 0 Å². The number of benzene rings is 1. The highest BCUT2D eigenvalue weighted by Crippen LogP contribution is 2.26. The lowest BCUT2D eigenvalue weighted by Crippen LogP contribution is -2.21. The number of carbonyl (C=O) groups excluding carboxylic acids is 1. The van der Waals surface area contributed by atoms with Gasteiger partial charge in [-0.25, -0.2) is 0 Å². The molecule has 0 atom stereocenters. The second-order valence-corrected chi connectivity index (χ2v) is 8.22. The third-order valence-corrected chi connectivity index (χ3v) is 6.36. The van der Waals surface area contributed by atoms with E-state index in [-0.39, 0.29) is 11.7 Å². The van der Waals surface area contributed by atoms with Gasteiger partial charge < -0.3 is 14.8 Å². The van der Waals surface area contributed by atoms with Gasteiger partial charge in [-0.15, -0.1) is 10.2 Å². The van der Waals surface area contributed by atoms with Crippen molar-refractivity contribution < 1.29 is 4.79 Å². The first kappa shape index (κ1) is 22.9. The minimum atomic E-state index is -0.0834. The minimum Gasteiger partial charge on any atom is -0.372 e. The van der Waals surface area contributed by atoms with Gasteiger partial charge in [-0.05, 0) is 58.9 Å². The standard InChI is InChI=1S/C22H31N7OS/c1-7-28(8-2)18-12-10-17(11-13-18)21-24-25-22(29(21)9-3)31-14-19(30)23-20-15(4)26-27(6)16(20)5/h10-13H,7-9,14H2,1-6H3,(H,23,30). The number of rotatable bonds is 9. The summed E-state index contributed by atoms with van der Waals surface area (Å²) in [4.78, 5) is 14.8. The molecule has 3 aromatic rings. The zero-order valence-corrected chi connectivity index (χ0v) is 20.0. The van der Waals surface area contributed by atoms with Crippen LogP contribution in [-0.4, -0.2) is 49.3 Å². The average Bonchev–Trinajstić information content (AvgIpc) is 3.29. The number of aryl methyl sites for hydroxylation is 2. The van der Waals surface area contributed by atoms with E-state index < -0.39 is 0 Å². The molecular formula is C22H31N7OS. The van der Waals surface area contributed by atoms with Crippen molar-refractivity contribution in [3.05, 3.63) is 35.7 Å². The molecule has 9 heteroatoms. The Bertz CT molecular complexity index is 1040. The van der Waals surface area contributed by atoms with Crippen LogP contribution in [0.3, 0.4) is 0 Å². The molecule has 1 aromatic carbocycles. The number of aromatic nitrogens is 5. The van der Waals surface area contributed by atoms with E-state index >= 15 is 0 Å². The summed E-state index contributed by atoms with van der Waals surface area (Å²) in [6.07, 6.45) is 0. The minimum absolute atomic E-state index is 0.0834. The molecule has 0 saturated heterocycles. The average molecular weight is 442 g/mol. The van der Waals surface area contributed by atoms with Gasteiger partial charge in [-0.3, -0.25) is 9.48 Å². The van der Waals surface area contributed by atoms with Crippen molar-refractivity contribution in [2.24, 2.45) is 7.05 Å². The number of hydrogen-bond donors (Lipinski definition) is 1. The summed E-state index contributed by atoms with van der Waals surface area (Å²) in [6.45, 7) is 12.9. The normalized spacial score (nSPS) is 11.0. The highest BCUT2D eigenvalue weighted by atomic mass is 32.2. The van der Waals surface area contributed by atoms with Crippen LogP contribution >= 0.6 is 11.8 Å². The Morgan fingerprint density at radius 3 is 2.32 bits per heavy atom. The number of nitrogens with one attached hydrogen (secondary N) is 1. The van der Waals surface area contributed by atoms with Gasteiger partial charge in [-0.1, -0.05) is 11.8 Å². The molecule has 0 saturated carbocycles. The summed E-state index contributed by atoms with van der Waals surface area (Å²) in [6, 6.07) is 8.41. The SMILES string of the molecule is CCN(CC)c1ccc(-c2nnc(SCC(=O)Nc3c(C)nn(C)c3C)n2CC)cc1. The second-order valence-electron chi connectivity index (χ2n) is 7.28. The van der Waals surface area contributed by atoms with E-state index in [0.717, 1.165) is 53.3 Å². The Hall–Kier alpha value is -2.81. The maximum Gasteiger partial charge on any atom is 0.234 e. The first-order valence-corrected chi connectivity index (χ1v) is 11.6. The topological polar surface area (TPSA) is 80.9 Å². The molecule has 0 radical (unpaired) electrons. The molecule has 1 N–H and O–H groups in total. The molecule has 0 unspecified atom stereocenters. The van der Waals surface area contributed by atoms with Gasteiger partial charge in [0.2, 0.25) is 5.91 Å². The molecule has 2 heterocycles. The van der Waals surface area contributed by atoms with Gasteiger partial charge >= 0.3 is 0 Å². The molecule has 31 heavy (non-hydrogen) atoms. The molecule has 0 fully saturated rings. The highest BCUT2D eigenvalue weighted by Gasteiger charge is 2.17. The summed E-state index contributed by atoms with van der Waals surface area (Å²) in [5.74, 6) is 0.989. The van der Waals surface area contributed by atoms with E-state index in [1.807, 2.05) is 25.5 Å². The first-order chi connectivity index (χ1) is 14.9. The maximum absolute atomic E-state index is 12.5. The number of amides is 1. The molecule has 8 nitrogen and oxygen atoms in total. The zero-order chi connectivity index (χ0) is 22.5. The zero-order valence-electron chi connectivity index (χ0n) is 19.1. The summed E-state index contributed by atoms with van der Waals surface area (Å²) in [7, 11) is 1.87. The Morgan fingerprint density at radius 1 is 1.10 bits per heavy atom. The molecular weight excluding hydrogens is 410 g/mol. The van der Waals surface area contributed by atoms with Crippen molar-refractivity contribution in [2.45, 2.75) is 46.3 Å². The molecule has 0 bridgehead atoms. The van der Waals surface area contributed by atoms with E-state index in [2.05, 4.69) is 70.5 Å². The lowest BCUT2D eigenvalue weighted by atomic mass is 10.2. The highest BCUT2D eigenvalue weighted by molar-refractivity contribution is 7.99. The van der Waals surface area contributed by atoms with Crippen LogP contribution in [0.4, 0.5) is 11.4 Å². The van der Waals surface area contributed by atoms with Crippen LogP contribution in [0.5, 0.6) is 0 Å². The summed E-state index contributed by atoms with van der Waals surface area (Å²) in [5, 5.41) is 16.8. The summed E-state index contributed by atoms with van der Waals surface area (Å²) < 4.78 is 3.81. The summed E-state index contributed by atoms with van der Waals surface area (Å²) in [5.41, 5.74) is 4.74. The van der Waals surface area contributed by atoms with Crippen molar-refractivity contribution in [3.8, 4) is 11.4 Å². The molecule has 166 valence electrons. The second kappa shape index (κ2) is 10.00. The number of carbonyl (C=O) groups is 1. The lowest BCUT2D eigenvalue weighted by Gasteiger charge is -2.21. The smallest absolute Gasteiger partial charge is 0.234 e. The number of hydrogen-bond acceptors (Lipinski definition) is 6. The molecule has 0 aliphatic heterocycles. The van der Waals surface area contributed by atoms with Gasteiger partial charge in [-0.2, -0.15) is 5.10 Å². The Kier molecular flexibility index (Phi) is 7.37. The van der Waals surface area contributed by atoms with E-state index in [1.54, 1.807) is 4.68 Å². The van der Waals surface area contributed by atoms with Crippen LogP contribution < -0.4 is 10.2 Å². The van der Waals surface area contributed by atoms with E-state index in [0.29, 0.717) is 0 Å².